The second-order valence-electron chi connectivity index (χ2n) is 2.23. The lowest BCUT2D eigenvalue weighted by molar-refractivity contribution is 0.812. The lowest BCUT2D eigenvalue weighted by Gasteiger charge is -2.11. The zero-order chi connectivity index (χ0) is 7.98. The van der Waals surface area contributed by atoms with Gasteiger partial charge in [-0.25, -0.2) is 0 Å². The SMILES string of the molecule is BN(C)C(/C=C\C)=N/CC. The predicted octanol–water partition coefficient (Wildman–Crippen LogP) is 0.461. The van der Waals surface area contributed by atoms with Gasteiger partial charge in [0.15, 0.2) is 0 Å². The summed E-state index contributed by atoms with van der Waals surface area (Å²) in [5, 5.41) is 0. The van der Waals surface area contributed by atoms with Crippen LogP contribution in [-0.2, 0) is 0 Å². The minimum absolute atomic E-state index is 0.845. The van der Waals surface area contributed by atoms with Crippen LogP contribution in [0, 0.1) is 0 Å². The molecular weight excluding hydrogens is 123 g/mol. The van der Waals surface area contributed by atoms with Gasteiger partial charge >= 0.3 is 0 Å². The van der Waals surface area contributed by atoms with Crippen molar-refractivity contribution >= 4 is 13.8 Å². The first-order valence-corrected chi connectivity index (χ1v) is 3.56. The number of hydrogen-bond donors (Lipinski definition) is 0. The first-order chi connectivity index (χ1) is 4.72. The van der Waals surface area contributed by atoms with Crippen molar-refractivity contribution < 1.29 is 0 Å². The highest BCUT2D eigenvalue weighted by atomic mass is 15.1. The van der Waals surface area contributed by atoms with E-state index >= 15 is 0 Å². The summed E-state index contributed by atoms with van der Waals surface area (Å²) in [5.41, 5.74) is 0. The fourth-order valence-corrected chi connectivity index (χ4v) is 0.654. The average molecular weight is 138 g/mol. The van der Waals surface area contributed by atoms with Crippen LogP contribution in [0.15, 0.2) is 17.1 Å². The van der Waals surface area contributed by atoms with Gasteiger partial charge in [-0.15, -0.1) is 0 Å². The van der Waals surface area contributed by atoms with Crippen LogP contribution in [0.1, 0.15) is 13.8 Å². The van der Waals surface area contributed by atoms with Crippen molar-refractivity contribution in [3.05, 3.63) is 12.2 Å². The Morgan fingerprint density at radius 1 is 1.70 bits per heavy atom. The quantitative estimate of drug-likeness (QED) is 0.307. The molecule has 56 valence electrons. The number of allylic oxidation sites excluding steroid dienone is 1. The highest BCUT2D eigenvalue weighted by molar-refractivity contribution is 6.17. The van der Waals surface area contributed by atoms with E-state index in [0.29, 0.717) is 0 Å². The van der Waals surface area contributed by atoms with Gasteiger partial charge in [0, 0.05) is 6.54 Å². The van der Waals surface area contributed by atoms with Gasteiger partial charge in [-0.2, -0.15) is 0 Å². The van der Waals surface area contributed by atoms with Gasteiger partial charge < -0.3 is 4.81 Å². The van der Waals surface area contributed by atoms with Crippen LogP contribution < -0.4 is 0 Å². The third-order valence-electron chi connectivity index (χ3n) is 1.09. The number of hydrogen-bond acceptors (Lipinski definition) is 1. The Bertz CT molecular complexity index is 139. The number of likely N-dealkylation sites (N-methyl/N-ethyl adjacent to an activating group) is 1. The number of amidine groups is 1. The lowest BCUT2D eigenvalue weighted by Crippen LogP contribution is -2.21. The van der Waals surface area contributed by atoms with E-state index in [1.54, 1.807) is 0 Å². The smallest absolute Gasteiger partial charge is 0.219 e. The van der Waals surface area contributed by atoms with Crippen molar-refractivity contribution in [3.63, 3.8) is 0 Å². The molecule has 0 aromatic rings. The van der Waals surface area contributed by atoms with Crippen molar-refractivity contribution in [2.45, 2.75) is 13.8 Å². The van der Waals surface area contributed by atoms with E-state index in [1.807, 2.05) is 45.8 Å². The highest BCUT2D eigenvalue weighted by Crippen LogP contribution is 1.85. The molecule has 0 saturated heterocycles. The van der Waals surface area contributed by atoms with Gasteiger partial charge in [0.25, 0.3) is 0 Å². The summed E-state index contributed by atoms with van der Waals surface area (Å²) >= 11 is 0. The molecule has 3 heteroatoms. The van der Waals surface area contributed by atoms with E-state index in [1.165, 1.54) is 0 Å². The molecule has 0 rings (SSSR count). The maximum atomic E-state index is 4.27. The summed E-state index contributed by atoms with van der Waals surface area (Å²) in [5.74, 6) is 1.03. The molecule has 0 heterocycles. The van der Waals surface area contributed by atoms with Crippen LogP contribution in [0.2, 0.25) is 0 Å². The normalized spacial score (nSPS) is 12.5. The maximum absolute atomic E-state index is 4.27. The third kappa shape index (κ3) is 3.33. The molecule has 0 aliphatic rings. The minimum atomic E-state index is 0.845. The van der Waals surface area contributed by atoms with E-state index in [-0.39, 0.29) is 0 Å². The van der Waals surface area contributed by atoms with Crippen molar-refractivity contribution in [3.8, 4) is 0 Å². The highest BCUT2D eigenvalue weighted by Gasteiger charge is 1.91. The average Bonchev–Trinajstić information content (AvgIpc) is 1.87. The molecule has 0 radical (unpaired) electrons. The second kappa shape index (κ2) is 5.09. The van der Waals surface area contributed by atoms with Crippen molar-refractivity contribution in [1.29, 1.82) is 0 Å². The predicted molar refractivity (Wildman–Crippen MR) is 49.1 cm³/mol. The number of nitrogens with zero attached hydrogens (tertiary/aromatic N) is 2. The Morgan fingerprint density at radius 2 is 2.30 bits per heavy atom. The van der Waals surface area contributed by atoms with E-state index in [9.17, 15) is 0 Å². The largest absolute Gasteiger partial charge is 0.410 e. The van der Waals surface area contributed by atoms with Gasteiger partial charge in [-0.05, 0) is 27.0 Å². The van der Waals surface area contributed by atoms with Gasteiger partial charge in [-0.3, -0.25) is 4.99 Å². The lowest BCUT2D eigenvalue weighted by atomic mass is 10.3. The van der Waals surface area contributed by atoms with Crippen molar-refractivity contribution in [2.24, 2.45) is 4.99 Å². The summed E-state index contributed by atoms with van der Waals surface area (Å²) in [7, 11) is 3.99. The van der Waals surface area contributed by atoms with Crippen LogP contribution in [0.4, 0.5) is 0 Å². The molecule has 0 saturated carbocycles. The molecule has 0 amide bonds. The van der Waals surface area contributed by atoms with Gasteiger partial charge in [0.1, 0.15) is 5.84 Å². The topological polar surface area (TPSA) is 15.6 Å². The molecule has 0 spiro atoms. The van der Waals surface area contributed by atoms with Crippen molar-refractivity contribution in [2.75, 3.05) is 13.6 Å². The molecule has 0 bridgehead atoms. The van der Waals surface area contributed by atoms with Gasteiger partial charge in [0.05, 0.1) is 0 Å². The summed E-state index contributed by atoms with van der Waals surface area (Å²) in [6.45, 7) is 4.87. The molecule has 0 atom stereocenters. The maximum Gasteiger partial charge on any atom is 0.219 e. The molecular formula is C7H15BN2. The zero-order valence-corrected chi connectivity index (χ0v) is 7.26. The molecule has 0 aliphatic heterocycles. The first kappa shape index (κ1) is 9.27. The Balaban J connectivity index is 4.11. The summed E-state index contributed by atoms with van der Waals surface area (Å²) in [4.78, 5) is 6.27. The molecule has 0 N–H and O–H groups in total. The van der Waals surface area contributed by atoms with E-state index < -0.39 is 0 Å². The van der Waals surface area contributed by atoms with Crippen molar-refractivity contribution in [1.82, 2.24) is 4.81 Å². The summed E-state index contributed by atoms with van der Waals surface area (Å²) in [6, 6.07) is 0. The Morgan fingerprint density at radius 3 is 2.60 bits per heavy atom. The number of aliphatic imine (C=N–C) groups is 1. The van der Waals surface area contributed by atoms with Gasteiger partial charge in [0.2, 0.25) is 7.98 Å². The molecule has 0 fully saturated rings. The molecule has 0 aromatic heterocycles. The summed E-state index contributed by atoms with van der Waals surface area (Å²) in [6.07, 6.45) is 4.00. The van der Waals surface area contributed by atoms with E-state index in [4.69, 9.17) is 0 Å². The van der Waals surface area contributed by atoms with Crippen LogP contribution >= 0.6 is 0 Å². The fourth-order valence-electron chi connectivity index (χ4n) is 0.654. The monoisotopic (exact) mass is 138 g/mol. The third-order valence-corrected chi connectivity index (χ3v) is 1.09. The van der Waals surface area contributed by atoms with Gasteiger partial charge in [-0.1, -0.05) is 6.08 Å². The fraction of sp³-hybridized carbons (Fsp3) is 0.571. The zero-order valence-electron chi connectivity index (χ0n) is 7.26. The Labute approximate surface area is 64.1 Å². The van der Waals surface area contributed by atoms with E-state index in [2.05, 4.69) is 4.99 Å². The number of rotatable bonds is 2. The molecule has 0 unspecified atom stereocenters. The van der Waals surface area contributed by atoms with Crippen LogP contribution in [0.25, 0.3) is 0 Å². The standard InChI is InChI=1S/C7H15BN2/c1-4-6-7(9-5-2)10(3)8/h4,6H,5,8H2,1-3H3/b6-4-,9-7+. The molecule has 2 nitrogen and oxygen atoms in total. The van der Waals surface area contributed by atoms with Crippen LogP contribution in [-0.4, -0.2) is 32.2 Å². The van der Waals surface area contributed by atoms with E-state index in [0.717, 1.165) is 12.4 Å². The van der Waals surface area contributed by atoms with Crippen LogP contribution in [0.5, 0.6) is 0 Å². The molecule has 0 aromatic carbocycles. The first-order valence-electron chi connectivity index (χ1n) is 3.56. The molecule has 10 heavy (non-hydrogen) atoms. The Hall–Kier alpha value is -0.725. The molecule has 0 aliphatic carbocycles. The Kier molecular flexibility index (Phi) is 4.72. The second-order valence-corrected chi connectivity index (χ2v) is 2.23. The minimum Gasteiger partial charge on any atom is -0.410 e. The van der Waals surface area contributed by atoms with Crippen LogP contribution in [0.3, 0.4) is 0 Å². The summed E-state index contributed by atoms with van der Waals surface area (Å²) < 4.78 is 0.